The summed E-state index contributed by atoms with van der Waals surface area (Å²) in [7, 11) is 0. The Balaban J connectivity index is 1.38. The van der Waals surface area contributed by atoms with Crippen molar-refractivity contribution in [3.8, 4) is 5.82 Å². The summed E-state index contributed by atoms with van der Waals surface area (Å²) in [6, 6.07) is 9.85. The van der Waals surface area contributed by atoms with Crippen LogP contribution >= 0.6 is 0 Å². The van der Waals surface area contributed by atoms with E-state index in [-0.39, 0.29) is 28.3 Å². The molecule has 10 heteroatoms. The van der Waals surface area contributed by atoms with E-state index in [2.05, 4.69) is 43.4 Å². The van der Waals surface area contributed by atoms with Crippen LogP contribution in [-0.2, 0) is 4.79 Å². The number of ketones is 1. The highest BCUT2D eigenvalue weighted by Gasteiger charge is 2.34. The van der Waals surface area contributed by atoms with Gasteiger partial charge in [0.25, 0.3) is 11.7 Å². The molecule has 1 N–H and O–H groups in total. The van der Waals surface area contributed by atoms with Crippen molar-refractivity contribution < 1.29 is 14.0 Å². The molecule has 3 aromatic heterocycles. The number of piperazine rings is 1. The molecule has 4 heterocycles. The summed E-state index contributed by atoms with van der Waals surface area (Å²) in [4.78, 5) is 37.2. The zero-order chi connectivity index (χ0) is 24.5. The Kier molecular flexibility index (Phi) is 5.86. The van der Waals surface area contributed by atoms with Gasteiger partial charge >= 0.3 is 0 Å². The molecule has 1 aliphatic rings. The van der Waals surface area contributed by atoms with Crippen molar-refractivity contribution in [1.82, 2.24) is 34.8 Å². The molecule has 0 bridgehead atoms. The smallest absolute Gasteiger partial charge is 0.295 e. The van der Waals surface area contributed by atoms with Crippen LogP contribution in [0.3, 0.4) is 0 Å². The van der Waals surface area contributed by atoms with Crippen LogP contribution in [0.1, 0.15) is 29.8 Å². The number of allylic oxidation sites excluding steroid dienone is 1. The number of H-pyrrole nitrogens is 1. The molecule has 1 aliphatic heterocycles. The molecule has 5 rings (SSSR count). The van der Waals surface area contributed by atoms with Crippen molar-refractivity contribution in [2.24, 2.45) is 0 Å². The van der Waals surface area contributed by atoms with Crippen molar-refractivity contribution in [1.29, 1.82) is 0 Å². The molecule has 1 amide bonds. The molecule has 0 unspecified atom stereocenters. The van der Waals surface area contributed by atoms with Crippen LogP contribution in [0.25, 0.3) is 22.4 Å². The Morgan fingerprint density at radius 3 is 2.69 bits per heavy atom. The molecule has 0 aliphatic carbocycles. The van der Waals surface area contributed by atoms with Crippen molar-refractivity contribution in [3.63, 3.8) is 0 Å². The molecular formula is C25H24FN7O2. The number of carbonyl (C=O) groups excluding carboxylic acids is 2. The van der Waals surface area contributed by atoms with E-state index in [1.165, 1.54) is 17.1 Å². The van der Waals surface area contributed by atoms with Gasteiger partial charge in [-0.3, -0.25) is 9.59 Å². The maximum absolute atomic E-state index is 14.8. The number of hydrogen-bond acceptors (Lipinski definition) is 6. The Labute approximate surface area is 200 Å². The zero-order valence-corrected chi connectivity index (χ0v) is 19.3. The first-order chi connectivity index (χ1) is 17.0. The highest BCUT2D eigenvalue weighted by Crippen LogP contribution is 2.27. The Bertz CT molecular complexity index is 1410. The predicted octanol–water partition coefficient (Wildman–Crippen LogP) is 3.06. The summed E-state index contributed by atoms with van der Waals surface area (Å²) in [5.41, 5.74) is 2.43. The molecule has 1 atom stereocenters. The maximum atomic E-state index is 14.8. The number of aromatic amines is 1. The molecule has 0 saturated carbocycles. The van der Waals surface area contributed by atoms with E-state index >= 15 is 0 Å². The molecule has 1 saturated heterocycles. The fraction of sp³-hybridized carbons (Fsp3) is 0.240. The third-order valence-electron chi connectivity index (χ3n) is 6.29. The second-order valence-corrected chi connectivity index (χ2v) is 8.39. The number of amides is 1. The first-order valence-electron chi connectivity index (χ1n) is 11.3. The maximum Gasteiger partial charge on any atom is 0.295 e. The number of hydrogen-bond donors (Lipinski definition) is 1. The molecule has 1 fully saturated rings. The Hall–Kier alpha value is -4.34. The number of benzene rings is 1. The van der Waals surface area contributed by atoms with E-state index in [4.69, 9.17) is 0 Å². The van der Waals surface area contributed by atoms with Gasteiger partial charge in [0, 0.05) is 37.6 Å². The van der Waals surface area contributed by atoms with Crippen molar-refractivity contribution >= 4 is 28.3 Å². The fourth-order valence-electron chi connectivity index (χ4n) is 4.63. The number of fused-ring (bicyclic) bond motifs is 1. The van der Waals surface area contributed by atoms with Crippen molar-refractivity contribution in [3.05, 3.63) is 78.1 Å². The van der Waals surface area contributed by atoms with Gasteiger partial charge in [-0.2, -0.15) is 0 Å². The second kappa shape index (κ2) is 9.13. The van der Waals surface area contributed by atoms with E-state index in [0.717, 1.165) is 17.5 Å². The number of rotatable bonds is 5. The summed E-state index contributed by atoms with van der Waals surface area (Å²) in [5, 5.41) is 7.63. The van der Waals surface area contributed by atoms with E-state index in [9.17, 15) is 14.0 Å². The van der Waals surface area contributed by atoms with Gasteiger partial charge in [-0.05, 0) is 19.4 Å². The average Bonchev–Trinajstić information content (AvgIpc) is 3.56. The van der Waals surface area contributed by atoms with Crippen molar-refractivity contribution in [2.45, 2.75) is 19.9 Å². The third kappa shape index (κ3) is 3.96. The lowest BCUT2D eigenvalue weighted by Gasteiger charge is -2.41. The van der Waals surface area contributed by atoms with E-state index in [0.29, 0.717) is 19.6 Å². The Morgan fingerprint density at radius 1 is 1.20 bits per heavy atom. The quantitative estimate of drug-likeness (QED) is 0.353. The Morgan fingerprint density at radius 2 is 2.00 bits per heavy atom. The molecule has 35 heavy (non-hydrogen) atoms. The fourth-order valence-corrected chi connectivity index (χ4v) is 4.63. The number of carbonyl (C=O) groups is 2. The minimum atomic E-state index is -0.763. The number of Topliss-reactive ketones (excluding diaryl/α,β-unsaturated/α-hetero) is 1. The van der Waals surface area contributed by atoms with Gasteiger partial charge in [0.1, 0.15) is 0 Å². The van der Waals surface area contributed by atoms with E-state index < -0.39 is 17.5 Å². The van der Waals surface area contributed by atoms with Gasteiger partial charge in [-0.25, -0.2) is 14.1 Å². The van der Waals surface area contributed by atoms with Crippen LogP contribution in [0.5, 0.6) is 0 Å². The van der Waals surface area contributed by atoms with Crippen LogP contribution in [0.15, 0.2) is 61.2 Å². The summed E-state index contributed by atoms with van der Waals surface area (Å²) in [6.07, 6.45) is 7.44. The monoisotopic (exact) mass is 473 g/mol. The second-order valence-electron chi connectivity index (χ2n) is 8.39. The van der Waals surface area contributed by atoms with E-state index in [1.807, 2.05) is 32.0 Å². The van der Waals surface area contributed by atoms with Gasteiger partial charge < -0.3 is 14.8 Å². The largest absolute Gasteiger partial charge is 0.367 e. The number of nitrogens with zero attached hydrogens (tertiary/aromatic N) is 6. The minimum absolute atomic E-state index is 0.00965. The SMILES string of the molecule is CC=C(c1ccccc1)N1CCN(C(=O)C(=O)c2c[nH]c3c(-n4ccnn4)ncc(F)c23)[C@H](C)C1. The molecule has 1 aromatic carbocycles. The lowest BCUT2D eigenvalue weighted by atomic mass is 10.0. The molecular weight excluding hydrogens is 449 g/mol. The lowest BCUT2D eigenvalue weighted by Crippen LogP contribution is -2.54. The summed E-state index contributed by atoms with van der Waals surface area (Å²) in [5.74, 6) is -1.83. The third-order valence-corrected chi connectivity index (χ3v) is 6.29. The number of pyridine rings is 1. The highest BCUT2D eigenvalue weighted by molar-refractivity contribution is 6.45. The van der Waals surface area contributed by atoms with Gasteiger partial charge in [0.2, 0.25) is 0 Å². The van der Waals surface area contributed by atoms with Crippen LogP contribution < -0.4 is 0 Å². The molecule has 9 nitrogen and oxygen atoms in total. The highest BCUT2D eigenvalue weighted by atomic mass is 19.1. The summed E-state index contributed by atoms with van der Waals surface area (Å²) < 4.78 is 16.1. The first-order valence-corrected chi connectivity index (χ1v) is 11.3. The molecule has 4 aromatic rings. The van der Waals surface area contributed by atoms with E-state index in [1.54, 1.807) is 11.1 Å². The minimum Gasteiger partial charge on any atom is -0.367 e. The van der Waals surface area contributed by atoms with Gasteiger partial charge in [0.15, 0.2) is 11.6 Å². The van der Waals surface area contributed by atoms with Gasteiger partial charge in [0.05, 0.1) is 35.1 Å². The number of halogens is 1. The summed E-state index contributed by atoms with van der Waals surface area (Å²) >= 11 is 0. The van der Waals surface area contributed by atoms with Gasteiger partial charge in [-0.1, -0.05) is 41.6 Å². The molecule has 178 valence electrons. The average molecular weight is 474 g/mol. The first kappa shape index (κ1) is 22.5. The van der Waals surface area contributed by atoms with Gasteiger partial charge in [-0.15, -0.1) is 5.10 Å². The van der Waals surface area contributed by atoms with Crippen LogP contribution in [0, 0.1) is 5.82 Å². The summed E-state index contributed by atoms with van der Waals surface area (Å²) in [6.45, 7) is 5.45. The zero-order valence-electron chi connectivity index (χ0n) is 19.3. The topological polar surface area (TPSA) is 100 Å². The number of nitrogens with one attached hydrogen (secondary N) is 1. The molecule has 0 radical (unpaired) electrons. The standard InChI is InChI=1S/C25H24FN7O2/c1-3-20(17-7-5-4-6-8-17)31-11-12-32(16(2)15-31)25(35)23(34)18-13-27-22-21(18)19(26)14-28-24(22)33-10-9-29-30-33/h3-10,13-14,16,27H,11-12,15H2,1-2H3/t16-/m1/s1. The lowest BCUT2D eigenvalue weighted by molar-refractivity contribution is -0.130. The van der Waals surface area contributed by atoms with Crippen LogP contribution in [-0.4, -0.2) is 72.1 Å². The van der Waals surface area contributed by atoms with Crippen LogP contribution in [0.2, 0.25) is 0 Å². The normalized spacial score (nSPS) is 16.7. The predicted molar refractivity (Wildman–Crippen MR) is 128 cm³/mol. The van der Waals surface area contributed by atoms with Crippen molar-refractivity contribution in [2.75, 3.05) is 19.6 Å². The van der Waals surface area contributed by atoms with Crippen LogP contribution in [0.4, 0.5) is 4.39 Å². The molecule has 0 spiro atoms. The number of aromatic nitrogens is 5.